The second kappa shape index (κ2) is 6.01. The summed E-state index contributed by atoms with van der Waals surface area (Å²) in [6.45, 7) is 4.20. The number of hydrogen-bond donors (Lipinski definition) is 2. The Hall–Kier alpha value is -0.870. The summed E-state index contributed by atoms with van der Waals surface area (Å²) in [4.78, 5) is 10.6. The standard InChI is InChI=1S/C12H16BrNO2/c1-8(12(15)16)7-14-9(2)10-3-5-11(13)6-4-10/h3-6,8-9,14H,7H2,1-2H3,(H,15,16)/t8?,9-/m1/s1. The third-order valence-electron chi connectivity index (χ3n) is 2.52. The quantitative estimate of drug-likeness (QED) is 0.875. The molecule has 0 aliphatic rings. The van der Waals surface area contributed by atoms with Crippen molar-refractivity contribution in [1.82, 2.24) is 5.32 Å². The first-order valence-electron chi connectivity index (χ1n) is 5.22. The third-order valence-corrected chi connectivity index (χ3v) is 3.05. The van der Waals surface area contributed by atoms with Crippen molar-refractivity contribution in [2.24, 2.45) is 5.92 Å². The Labute approximate surface area is 104 Å². The molecule has 0 spiro atoms. The van der Waals surface area contributed by atoms with E-state index < -0.39 is 5.97 Å². The van der Waals surface area contributed by atoms with E-state index in [1.807, 2.05) is 31.2 Å². The van der Waals surface area contributed by atoms with Gasteiger partial charge in [0.25, 0.3) is 0 Å². The van der Waals surface area contributed by atoms with Gasteiger partial charge >= 0.3 is 5.97 Å². The maximum atomic E-state index is 10.6. The summed E-state index contributed by atoms with van der Waals surface area (Å²) >= 11 is 3.38. The molecule has 0 aliphatic carbocycles. The minimum Gasteiger partial charge on any atom is -0.481 e. The highest BCUT2D eigenvalue weighted by molar-refractivity contribution is 9.10. The lowest BCUT2D eigenvalue weighted by atomic mass is 10.1. The maximum absolute atomic E-state index is 10.6. The van der Waals surface area contributed by atoms with Gasteiger partial charge in [0.15, 0.2) is 0 Å². The molecule has 1 unspecified atom stereocenters. The molecule has 1 aromatic rings. The first-order valence-corrected chi connectivity index (χ1v) is 6.01. The number of hydrogen-bond acceptors (Lipinski definition) is 2. The van der Waals surface area contributed by atoms with Crippen LogP contribution in [0.1, 0.15) is 25.5 Å². The number of carboxylic acid groups (broad SMARTS) is 1. The van der Waals surface area contributed by atoms with E-state index in [4.69, 9.17) is 5.11 Å². The van der Waals surface area contributed by atoms with E-state index in [1.165, 1.54) is 0 Å². The van der Waals surface area contributed by atoms with Crippen LogP contribution in [0.4, 0.5) is 0 Å². The minimum atomic E-state index is -0.768. The molecule has 0 fully saturated rings. The fraction of sp³-hybridized carbons (Fsp3) is 0.417. The molecule has 0 saturated heterocycles. The molecule has 0 aromatic heterocycles. The van der Waals surface area contributed by atoms with Crippen molar-refractivity contribution in [2.75, 3.05) is 6.54 Å². The van der Waals surface area contributed by atoms with Crippen LogP contribution in [0, 0.1) is 5.92 Å². The molecule has 0 aliphatic heterocycles. The van der Waals surface area contributed by atoms with Crippen molar-refractivity contribution in [1.29, 1.82) is 0 Å². The molecule has 2 atom stereocenters. The smallest absolute Gasteiger partial charge is 0.307 e. The van der Waals surface area contributed by atoms with Gasteiger partial charge in [-0.15, -0.1) is 0 Å². The zero-order valence-corrected chi connectivity index (χ0v) is 11.0. The van der Waals surface area contributed by atoms with Gasteiger partial charge in [0.05, 0.1) is 5.92 Å². The van der Waals surface area contributed by atoms with Crippen LogP contribution < -0.4 is 5.32 Å². The number of benzene rings is 1. The maximum Gasteiger partial charge on any atom is 0.307 e. The molecule has 88 valence electrons. The van der Waals surface area contributed by atoms with Gasteiger partial charge in [-0.25, -0.2) is 0 Å². The van der Waals surface area contributed by atoms with E-state index in [0.29, 0.717) is 6.54 Å². The molecule has 4 heteroatoms. The second-order valence-corrected chi connectivity index (χ2v) is 4.84. The van der Waals surface area contributed by atoms with Gasteiger partial charge in [-0.05, 0) is 24.6 Å². The molecule has 3 nitrogen and oxygen atoms in total. The zero-order chi connectivity index (χ0) is 12.1. The second-order valence-electron chi connectivity index (χ2n) is 3.92. The lowest BCUT2D eigenvalue weighted by Crippen LogP contribution is -2.28. The molecule has 1 rings (SSSR count). The number of halogens is 1. The molecule has 0 amide bonds. The van der Waals surface area contributed by atoms with E-state index in [9.17, 15) is 4.79 Å². The molecule has 0 bridgehead atoms. The molecule has 0 saturated carbocycles. The molecule has 16 heavy (non-hydrogen) atoms. The van der Waals surface area contributed by atoms with Gasteiger partial charge in [-0.2, -0.15) is 0 Å². The van der Waals surface area contributed by atoms with Crippen LogP contribution in [0.3, 0.4) is 0 Å². The topological polar surface area (TPSA) is 49.3 Å². The third kappa shape index (κ3) is 3.94. The van der Waals surface area contributed by atoms with Crippen LogP contribution in [0.15, 0.2) is 28.7 Å². The summed E-state index contributed by atoms with van der Waals surface area (Å²) in [5.41, 5.74) is 1.15. The number of carbonyl (C=O) groups is 1. The van der Waals surface area contributed by atoms with Crippen molar-refractivity contribution < 1.29 is 9.90 Å². The lowest BCUT2D eigenvalue weighted by molar-refractivity contribution is -0.140. The fourth-order valence-corrected chi connectivity index (χ4v) is 1.57. The fourth-order valence-electron chi connectivity index (χ4n) is 1.31. The van der Waals surface area contributed by atoms with Crippen LogP contribution in [-0.4, -0.2) is 17.6 Å². The monoisotopic (exact) mass is 285 g/mol. The molecular formula is C12H16BrNO2. The van der Waals surface area contributed by atoms with Gasteiger partial charge in [-0.1, -0.05) is 35.0 Å². The van der Waals surface area contributed by atoms with E-state index in [1.54, 1.807) is 6.92 Å². The van der Waals surface area contributed by atoms with Crippen LogP contribution in [0.5, 0.6) is 0 Å². The normalized spacial score (nSPS) is 14.4. The summed E-state index contributed by atoms with van der Waals surface area (Å²) < 4.78 is 1.04. The van der Waals surface area contributed by atoms with Crippen molar-refractivity contribution in [3.8, 4) is 0 Å². The first kappa shape index (κ1) is 13.2. The zero-order valence-electron chi connectivity index (χ0n) is 9.40. The van der Waals surface area contributed by atoms with Crippen LogP contribution in [0.25, 0.3) is 0 Å². The van der Waals surface area contributed by atoms with E-state index in [-0.39, 0.29) is 12.0 Å². The van der Waals surface area contributed by atoms with Crippen molar-refractivity contribution in [2.45, 2.75) is 19.9 Å². The molecule has 1 aromatic carbocycles. The lowest BCUT2D eigenvalue weighted by Gasteiger charge is -2.16. The van der Waals surface area contributed by atoms with E-state index in [2.05, 4.69) is 21.2 Å². The number of carboxylic acids is 1. The van der Waals surface area contributed by atoms with Crippen LogP contribution in [-0.2, 0) is 4.79 Å². The highest BCUT2D eigenvalue weighted by Gasteiger charge is 2.12. The van der Waals surface area contributed by atoms with Crippen molar-refractivity contribution in [3.05, 3.63) is 34.3 Å². The number of aliphatic carboxylic acids is 1. The van der Waals surface area contributed by atoms with Gasteiger partial charge in [0.1, 0.15) is 0 Å². The highest BCUT2D eigenvalue weighted by Crippen LogP contribution is 2.16. The Bertz CT molecular complexity index is 351. The van der Waals surface area contributed by atoms with Crippen LogP contribution >= 0.6 is 15.9 Å². The molecule has 0 radical (unpaired) electrons. The Morgan fingerprint density at radius 2 is 1.94 bits per heavy atom. The number of nitrogens with one attached hydrogen (secondary N) is 1. The summed E-state index contributed by atoms with van der Waals surface area (Å²) in [5, 5.41) is 12.0. The van der Waals surface area contributed by atoms with Gasteiger partial charge in [0.2, 0.25) is 0 Å². The summed E-state index contributed by atoms with van der Waals surface area (Å²) in [7, 11) is 0. The van der Waals surface area contributed by atoms with Crippen molar-refractivity contribution in [3.63, 3.8) is 0 Å². The Morgan fingerprint density at radius 1 is 1.38 bits per heavy atom. The number of rotatable bonds is 5. The predicted octanol–water partition coefficient (Wildman–Crippen LogP) is 2.82. The summed E-state index contributed by atoms with van der Waals surface area (Å²) in [6, 6.07) is 8.16. The minimum absolute atomic E-state index is 0.162. The SMILES string of the molecule is CC(CN[C@H](C)c1ccc(Br)cc1)C(=O)O. The van der Waals surface area contributed by atoms with Gasteiger partial charge in [-0.3, -0.25) is 4.79 Å². The molecular weight excluding hydrogens is 270 g/mol. The van der Waals surface area contributed by atoms with E-state index >= 15 is 0 Å². The Balaban J connectivity index is 2.49. The average molecular weight is 286 g/mol. The Morgan fingerprint density at radius 3 is 2.44 bits per heavy atom. The largest absolute Gasteiger partial charge is 0.481 e. The molecule has 2 N–H and O–H groups in total. The van der Waals surface area contributed by atoms with Crippen molar-refractivity contribution >= 4 is 21.9 Å². The van der Waals surface area contributed by atoms with E-state index in [0.717, 1.165) is 10.0 Å². The average Bonchev–Trinajstić information content (AvgIpc) is 2.26. The van der Waals surface area contributed by atoms with Crippen LogP contribution in [0.2, 0.25) is 0 Å². The summed E-state index contributed by atoms with van der Waals surface area (Å²) in [6.07, 6.45) is 0. The predicted molar refractivity (Wildman–Crippen MR) is 67.4 cm³/mol. The first-order chi connectivity index (χ1) is 7.50. The van der Waals surface area contributed by atoms with Gasteiger partial charge < -0.3 is 10.4 Å². The highest BCUT2D eigenvalue weighted by atomic mass is 79.9. The Kier molecular flexibility index (Phi) is 4.96. The molecule has 0 heterocycles. The van der Waals surface area contributed by atoms with Gasteiger partial charge in [0, 0.05) is 17.1 Å². The summed E-state index contributed by atoms with van der Waals surface area (Å²) in [5.74, 6) is -1.13.